The minimum absolute atomic E-state index is 0.0183. The first-order chi connectivity index (χ1) is 13.1. The van der Waals surface area contributed by atoms with Gasteiger partial charge in [-0.05, 0) is 57.9 Å². The van der Waals surface area contributed by atoms with E-state index in [2.05, 4.69) is 22.2 Å². The van der Waals surface area contributed by atoms with Gasteiger partial charge in [-0.2, -0.15) is 5.10 Å². The molecule has 0 unspecified atom stereocenters. The molecular formula is C22H30N4O. The van der Waals surface area contributed by atoms with Crippen LogP contribution in [-0.4, -0.2) is 46.3 Å². The third-order valence-electron chi connectivity index (χ3n) is 5.22. The highest BCUT2D eigenvalue weighted by Crippen LogP contribution is 2.19. The number of rotatable bonds is 6. The standard InChI is InChI=1S/C22H30N4O/c1-4-14-25-15-12-19(13-16-25)23-22(27)11-10-21-17(2)24-26(18(21)3)20-8-6-5-7-9-20/h5-11,19H,4,12-16H2,1-3H3,(H,23,27)/b11-10+. The van der Waals surface area contributed by atoms with Crippen molar-refractivity contribution >= 4 is 12.0 Å². The molecule has 5 heteroatoms. The molecule has 0 aliphatic carbocycles. The van der Waals surface area contributed by atoms with Crippen LogP contribution < -0.4 is 5.32 Å². The fourth-order valence-corrected chi connectivity index (χ4v) is 3.74. The van der Waals surface area contributed by atoms with Crippen LogP contribution in [0.2, 0.25) is 0 Å². The first-order valence-corrected chi connectivity index (χ1v) is 9.91. The molecule has 0 radical (unpaired) electrons. The molecule has 27 heavy (non-hydrogen) atoms. The van der Waals surface area contributed by atoms with Crippen LogP contribution in [0.1, 0.15) is 43.1 Å². The Kier molecular flexibility index (Phi) is 6.45. The number of carbonyl (C=O) groups excluding carboxylic acids is 1. The number of aromatic nitrogens is 2. The van der Waals surface area contributed by atoms with Crippen molar-refractivity contribution in [3.63, 3.8) is 0 Å². The first-order valence-electron chi connectivity index (χ1n) is 9.91. The topological polar surface area (TPSA) is 50.2 Å². The van der Waals surface area contributed by atoms with Gasteiger partial charge in [-0.3, -0.25) is 4.79 Å². The molecule has 1 fully saturated rings. The van der Waals surface area contributed by atoms with Crippen molar-refractivity contribution in [2.24, 2.45) is 0 Å². The third-order valence-corrected chi connectivity index (χ3v) is 5.22. The van der Waals surface area contributed by atoms with Gasteiger partial charge in [0.1, 0.15) is 0 Å². The van der Waals surface area contributed by atoms with Crippen LogP contribution >= 0.6 is 0 Å². The third kappa shape index (κ3) is 4.86. The number of nitrogens with one attached hydrogen (secondary N) is 1. The normalized spacial score (nSPS) is 16.1. The fourth-order valence-electron chi connectivity index (χ4n) is 3.74. The summed E-state index contributed by atoms with van der Waals surface area (Å²) in [6, 6.07) is 10.3. The van der Waals surface area contributed by atoms with E-state index in [9.17, 15) is 4.79 Å². The van der Waals surface area contributed by atoms with Crippen LogP contribution in [0.5, 0.6) is 0 Å². The molecule has 1 aromatic carbocycles. The summed E-state index contributed by atoms with van der Waals surface area (Å²) >= 11 is 0. The predicted molar refractivity (Wildman–Crippen MR) is 110 cm³/mol. The Balaban J connectivity index is 1.61. The van der Waals surface area contributed by atoms with E-state index < -0.39 is 0 Å². The SMILES string of the molecule is CCCN1CCC(NC(=O)/C=C/c2c(C)nn(-c3ccccc3)c2C)CC1. The number of para-hydroxylation sites is 1. The summed E-state index contributed by atoms with van der Waals surface area (Å²) in [5, 5.41) is 7.78. The van der Waals surface area contributed by atoms with Gasteiger partial charge in [0.15, 0.2) is 0 Å². The average Bonchev–Trinajstić information content (AvgIpc) is 2.96. The van der Waals surface area contributed by atoms with Gasteiger partial charge in [-0.1, -0.05) is 25.1 Å². The second-order valence-electron chi connectivity index (χ2n) is 7.29. The van der Waals surface area contributed by atoms with Crippen LogP contribution in [0, 0.1) is 13.8 Å². The fraction of sp³-hybridized carbons (Fsp3) is 0.455. The lowest BCUT2D eigenvalue weighted by Gasteiger charge is -2.31. The Morgan fingerprint density at radius 1 is 1.22 bits per heavy atom. The van der Waals surface area contributed by atoms with Crippen molar-refractivity contribution in [3.8, 4) is 5.69 Å². The molecule has 1 N–H and O–H groups in total. The molecular weight excluding hydrogens is 336 g/mol. The molecule has 0 bridgehead atoms. The van der Waals surface area contributed by atoms with Gasteiger partial charge < -0.3 is 10.2 Å². The lowest BCUT2D eigenvalue weighted by atomic mass is 10.0. The van der Waals surface area contributed by atoms with Crippen molar-refractivity contribution in [1.82, 2.24) is 20.0 Å². The van der Waals surface area contributed by atoms with E-state index in [1.807, 2.05) is 54.9 Å². The number of piperidine rings is 1. The van der Waals surface area contributed by atoms with E-state index >= 15 is 0 Å². The number of hydrogen-bond donors (Lipinski definition) is 1. The highest BCUT2D eigenvalue weighted by atomic mass is 16.1. The Morgan fingerprint density at radius 2 is 1.93 bits per heavy atom. The number of likely N-dealkylation sites (tertiary alicyclic amines) is 1. The summed E-state index contributed by atoms with van der Waals surface area (Å²) in [7, 11) is 0. The van der Waals surface area contributed by atoms with Crippen molar-refractivity contribution < 1.29 is 4.79 Å². The van der Waals surface area contributed by atoms with Crippen molar-refractivity contribution in [2.75, 3.05) is 19.6 Å². The zero-order valence-electron chi connectivity index (χ0n) is 16.6. The van der Waals surface area contributed by atoms with Gasteiger partial charge in [0.25, 0.3) is 0 Å². The highest BCUT2D eigenvalue weighted by Gasteiger charge is 2.19. The number of amides is 1. The zero-order chi connectivity index (χ0) is 19.2. The van der Waals surface area contributed by atoms with Gasteiger partial charge in [-0.15, -0.1) is 0 Å². The second-order valence-corrected chi connectivity index (χ2v) is 7.29. The largest absolute Gasteiger partial charge is 0.350 e. The van der Waals surface area contributed by atoms with Gasteiger partial charge in [0, 0.05) is 36.5 Å². The van der Waals surface area contributed by atoms with E-state index in [1.54, 1.807) is 6.08 Å². The van der Waals surface area contributed by atoms with Gasteiger partial charge in [0.05, 0.1) is 11.4 Å². The number of benzene rings is 1. The van der Waals surface area contributed by atoms with Crippen LogP contribution in [-0.2, 0) is 4.79 Å². The molecule has 2 heterocycles. The van der Waals surface area contributed by atoms with Crippen LogP contribution in [0.15, 0.2) is 36.4 Å². The zero-order valence-corrected chi connectivity index (χ0v) is 16.6. The molecule has 1 aliphatic rings. The summed E-state index contributed by atoms with van der Waals surface area (Å²) in [5.41, 5.74) is 4.00. The molecule has 0 atom stereocenters. The lowest BCUT2D eigenvalue weighted by molar-refractivity contribution is -0.117. The van der Waals surface area contributed by atoms with Crippen LogP contribution in [0.3, 0.4) is 0 Å². The van der Waals surface area contributed by atoms with Gasteiger partial charge >= 0.3 is 0 Å². The summed E-state index contributed by atoms with van der Waals surface area (Å²) in [6.07, 6.45) is 6.78. The first kappa shape index (κ1) is 19.4. The maximum atomic E-state index is 12.4. The highest BCUT2D eigenvalue weighted by molar-refractivity contribution is 5.92. The van der Waals surface area contributed by atoms with Crippen molar-refractivity contribution in [1.29, 1.82) is 0 Å². The number of carbonyl (C=O) groups is 1. The summed E-state index contributed by atoms with van der Waals surface area (Å²) in [5.74, 6) is -0.0183. The number of nitrogens with zero attached hydrogens (tertiary/aromatic N) is 3. The lowest BCUT2D eigenvalue weighted by Crippen LogP contribution is -2.44. The number of hydrogen-bond acceptors (Lipinski definition) is 3. The van der Waals surface area contributed by atoms with E-state index in [1.165, 1.54) is 6.42 Å². The molecule has 1 aliphatic heterocycles. The molecule has 1 amide bonds. The van der Waals surface area contributed by atoms with Crippen LogP contribution in [0.4, 0.5) is 0 Å². The van der Waals surface area contributed by atoms with E-state index in [4.69, 9.17) is 0 Å². The van der Waals surface area contributed by atoms with Crippen molar-refractivity contribution in [3.05, 3.63) is 53.4 Å². The quantitative estimate of drug-likeness (QED) is 0.796. The molecule has 5 nitrogen and oxygen atoms in total. The summed E-state index contributed by atoms with van der Waals surface area (Å²) in [6.45, 7) is 9.53. The van der Waals surface area contributed by atoms with E-state index in [0.717, 1.165) is 55.1 Å². The van der Waals surface area contributed by atoms with Crippen LogP contribution in [0.25, 0.3) is 11.8 Å². The Morgan fingerprint density at radius 3 is 2.59 bits per heavy atom. The summed E-state index contributed by atoms with van der Waals surface area (Å²) in [4.78, 5) is 14.8. The minimum atomic E-state index is -0.0183. The smallest absolute Gasteiger partial charge is 0.244 e. The van der Waals surface area contributed by atoms with Gasteiger partial charge in [0.2, 0.25) is 5.91 Å². The Hall–Kier alpha value is -2.40. The molecule has 1 aromatic heterocycles. The second kappa shape index (κ2) is 9.00. The minimum Gasteiger partial charge on any atom is -0.350 e. The molecule has 3 rings (SSSR count). The summed E-state index contributed by atoms with van der Waals surface area (Å²) < 4.78 is 1.93. The van der Waals surface area contributed by atoms with E-state index in [-0.39, 0.29) is 11.9 Å². The molecule has 144 valence electrons. The van der Waals surface area contributed by atoms with Gasteiger partial charge in [-0.25, -0.2) is 4.68 Å². The maximum Gasteiger partial charge on any atom is 0.244 e. The molecule has 2 aromatic rings. The molecule has 0 spiro atoms. The average molecular weight is 367 g/mol. The molecule has 1 saturated heterocycles. The Bertz CT molecular complexity index is 786. The predicted octanol–water partition coefficient (Wildman–Crippen LogP) is 3.49. The molecule has 0 saturated carbocycles. The van der Waals surface area contributed by atoms with Crippen molar-refractivity contribution in [2.45, 2.75) is 46.1 Å². The Labute approximate surface area is 162 Å². The van der Waals surface area contributed by atoms with E-state index in [0.29, 0.717) is 0 Å². The number of aryl methyl sites for hydroxylation is 1. The maximum absolute atomic E-state index is 12.4. The monoisotopic (exact) mass is 366 g/mol.